The van der Waals surface area contributed by atoms with E-state index in [1.54, 1.807) is 0 Å². The minimum Gasteiger partial charge on any atom is -0.489 e. The molecule has 0 radical (unpaired) electrons. The van der Waals surface area contributed by atoms with Crippen LogP contribution in [0.3, 0.4) is 0 Å². The fourth-order valence-corrected chi connectivity index (χ4v) is 4.43. The molecule has 0 aliphatic carbocycles. The average Bonchev–Trinajstić information content (AvgIpc) is 2.80. The summed E-state index contributed by atoms with van der Waals surface area (Å²) in [6.45, 7) is 6.86. The fraction of sp³-hybridized carbons (Fsp3) is 0.357. The van der Waals surface area contributed by atoms with E-state index in [-0.39, 0.29) is 19.8 Å². The lowest BCUT2D eigenvalue weighted by Crippen LogP contribution is -2.03. The number of aryl methyl sites for hydroxylation is 2. The van der Waals surface area contributed by atoms with Gasteiger partial charge in [0.05, 0.1) is 13.2 Å². The summed E-state index contributed by atoms with van der Waals surface area (Å²) in [5, 5.41) is 28.3. The Morgan fingerprint density at radius 3 is 2.19 bits per heavy atom. The Kier molecular flexibility index (Phi) is 8.46. The molecule has 170 valence electrons. The summed E-state index contributed by atoms with van der Waals surface area (Å²) in [6.07, 6.45) is 1.80. The van der Waals surface area contributed by atoms with E-state index in [0.717, 1.165) is 40.8 Å². The van der Waals surface area contributed by atoms with Gasteiger partial charge in [-0.3, -0.25) is 0 Å². The first-order chi connectivity index (χ1) is 15.5. The highest BCUT2D eigenvalue weighted by atomic mass is 16.5. The van der Waals surface area contributed by atoms with Gasteiger partial charge in [-0.2, -0.15) is 0 Å². The zero-order valence-electron chi connectivity index (χ0n) is 19.3. The maximum Gasteiger partial charge on any atom is 0.120 e. The van der Waals surface area contributed by atoms with Crippen molar-refractivity contribution in [3.8, 4) is 16.9 Å². The van der Waals surface area contributed by atoms with Crippen molar-refractivity contribution in [2.75, 3.05) is 6.61 Å². The lowest BCUT2D eigenvalue weighted by atomic mass is 9.87. The van der Waals surface area contributed by atoms with Crippen LogP contribution in [0, 0.1) is 13.8 Å². The highest BCUT2D eigenvalue weighted by Gasteiger charge is 2.14. The second-order valence-electron chi connectivity index (χ2n) is 8.38. The summed E-state index contributed by atoms with van der Waals surface area (Å²) in [4.78, 5) is 0. The molecule has 32 heavy (non-hydrogen) atoms. The molecule has 0 saturated heterocycles. The van der Waals surface area contributed by atoms with E-state index in [1.165, 1.54) is 22.3 Å². The molecule has 0 fully saturated rings. The molecule has 1 unspecified atom stereocenters. The third-order valence-electron chi connectivity index (χ3n) is 6.14. The lowest BCUT2D eigenvalue weighted by molar-refractivity contribution is 0.259. The lowest BCUT2D eigenvalue weighted by Gasteiger charge is -2.19. The Morgan fingerprint density at radius 1 is 0.844 bits per heavy atom. The number of aliphatic hydroxyl groups is 3. The minimum atomic E-state index is -0.106. The zero-order chi connectivity index (χ0) is 23.1. The summed E-state index contributed by atoms with van der Waals surface area (Å²) in [5.41, 5.74) is 8.47. The summed E-state index contributed by atoms with van der Waals surface area (Å²) in [7, 11) is 0. The number of benzene rings is 3. The standard InChI is InChI=1S/C28H34O4/c1-4-22(10-11-29)25-12-19(2)28(20(3)13-25)23-6-5-7-27(15-23)32-18-21-8-9-24(16-30)26(14-21)17-31/h5-9,12-15,22,29-31H,4,10-11,16-18H2,1-3H3. The van der Waals surface area contributed by atoms with E-state index in [1.807, 2.05) is 30.3 Å². The van der Waals surface area contributed by atoms with E-state index in [0.29, 0.717) is 12.5 Å². The van der Waals surface area contributed by atoms with E-state index in [9.17, 15) is 15.3 Å². The normalized spacial score (nSPS) is 12.1. The van der Waals surface area contributed by atoms with Gasteiger partial charge in [0.15, 0.2) is 0 Å². The van der Waals surface area contributed by atoms with Gasteiger partial charge < -0.3 is 20.1 Å². The van der Waals surface area contributed by atoms with E-state index < -0.39 is 0 Å². The first kappa shape index (κ1) is 24.0. The van der Waals surface area contributed by atoms with Crippen LogP contribution in [-0.2, 0) is 19.8 Å². The van der Waals surface area contributed by atoms with E-state index in [2.05, 4.69) is 45.0 Å². The molecule has 0 aliphatic rings. The monoisotopic (exact) mass is 434 g/mol. The van der Waals surface area contributed by atoms with Crippen molar-refractivity contribution in [2.24, 2.45) is 0 Å². The molecule has 0 amide bonds. The summed E-state index contributed by atoms with van der Waals surface area (Å²) < 4.78 is 6.05. The molecule has 0 saturated carbocycles. The van der Waals surface area contributed by atoms with Gasteiger partial charge in [-0.25, -0.2) is 0 Å². The number of hydrogen-bond acceptors (Lipinski definition) is 4. The molecule has 0 aliphatic heterocycles. The number of rotatable bonds is 10. The van der Waals surface area contributed by atoms with Crippen LogP contribution in [0.15, 0.2) is 54.6 Å². The second kappa shape index (κ2) is 11.3. The van der Waals surface area contributed by atoms with Gasteiger partial charge in [-0.1, -0.05) is 43.3 Å². The quantitative estimate of drug-likeness (QED) is 0.399. The van der Waals surface area contributed by atoms with Crippen molar-refractivity contribution in [2.45, 2.75) is 59.4 Å². The molecule has 3 aromatic rings. The number of hydrogen-bond donors (Lipinski definition) is 3. The molecular formula is C28H34O4. The molecule has 4 heteroatoms. The third kappa shape index (κ3) is 5.57. The molecule has 3 rings (SSSR count). The SMILES string of the molecule is CCC(CCO)c1cc(C)c(-c2cccc(OCc3ccc(CO)c(CO)c3)c2)c(C)c1. The molecule has 0 heterocycles. The van der Waals surface area contributed by atoms with Gasteiger partial charge in [-0.05, 0) is 95.3 Å². The van der Waals surface area contributed by atoms with Crippen molar-refractivity contribution >= 4 is 0 Å². The Balaban J connectivity index is 1.82. The summed E-state index contributed by atoms with van der Waals surface area (Å²) in [5.74, 6) is 1.16. The second-order valence-corrected chi connectivity index (χ2v) is 8.38. The predicted molar refractivity (Wildman–Crippen MR) is 129 cm³/mol. The van der Waals surface area contributed by atoms with Gasteiger partial charge in [-0.15, -0.1) is 0 Å². The van der Waals surface area contributed by atoms with Crippen molar-refractivity contribution < 1.29 is 20.1 Å². The van der Waals surface area contributed by atoms with Crippen molar-refractivity contribution in [3.05, 3.63) is 88.0 Å². The molecule has 1 atom stereocenters. The summed E-state index contributed by atoms with van der Waals surface area (Å²) >= 11 is 0. The van der Waals surface area contributed by atoms with E-state index >= 15 is 0 Å². The van der Waals surface area contributed by atoms with Crippen molar-refractivity contribution in [1.82, 2.24) is 0 Å². The summed E-state index contributed by atoms with van der Waals surface area (Å²) in [6, 6.07) is 18.2. The van der Waals surface area contributed by atoms with Crippen LogP contribution >= 0.6 is 0 Å². The van der Waals surface area contributed by atoms with Crippen molar-refractivity contribution in [3.63, 3.8) is 0 Å². The minimum absolute atomic E-state index is 0.0877. The van der Waals surface area contributed by atoms with Gasteiger partial charge >= 0.3 is 0 Å². The topological polar surface area (TPSA) is 69.9 Å². The number of ether oxygens (including phenoxy) is 1. The zero-order valence-corrected chi connectivity index (χ0v) is 19.3. The van der Waals surface area contributed by atoms with E-state index in [4.69, 9.17) is 4.74 Å². The Bertz CT molecular complexity index is 1020. The van der Waals surface area contributed by atoms with Gasteiger partial charge in [0.2, 0.25) is 0 Å². The molecule has 0 aromatic heterocycles. The van der Waals surface area contributed by atoms with Crippen LogP contribution in [0.5, 0.6) is 5.75 Å². The van der Waals surface area contributed by atoms with Crippen LogP contribution in [0.2, 0.25) is 0 Å². The van der Waals surface area contributed by atoms with Crippen LogP contribution < -0.4 is 4.74 Å². The average molecular weight is 435 g/mol. The maximum absolute atomic E-state index is 9.51. The van der Waals surface area contributed by atoms with Crippen LogP contribution in [-0.4, -0.2) is 21.9 Å². The number of aliphatic hydroxyl groups excluding tert-OH is 3. The van der Waals surface area contributed by atoms with Gasteiger partial charge in [0.25, 0.3) is 0 Å². The predicted octanol–water partition coefficient (Wildman–Crippen LogP) is 5.41. The van der Waals surface area contributed by atoms with Crippen LogP contribution in [0.25, 0.3) is 11.1 Å². The van der Waals surface area contributed by atoms with Crippen LogP contribution in [0.4, 0.5) is 0 Å². The fourth-order valence-electron chi connectivity index (χ4n) is 4.43. The molecule has 0 spiro atoms. The van der Waals surface area contributed by atoms with Gasteiger partial charge in [0.1, 0.15) is 12.4 Å². The third-order valence-corrected chi connectivity index (χ3v) is 6.14. The highest BCUT2D eigenvalue weighted by molar-refractivity contribution is 5.72. The molecule has 3 aromatic carbocycles. The Labute approximate surface area is 191 Å². The van der Waals surface area contributed by atoms with Crippen molar-refractivity contribution in [1.29, 1.82) is 0 Å². The first-order valence-electron chi connectivity index (χ1n) is 11.3. The Morgan fingerprint density at radius 2 is 1.56 bits per heavy atom. The maximum atomic E-state index is 9.51. The largest absolute Gasteiger partial charge is 0.489 e. The van der Waals surface area contributed by atoms with Crippen LogP contribution in [0.1, 0.15) is 59.1 Å². The highest BCUT2D eigenvalue weighted by Crippen LogP contribution is 2.34. The molecule has 4 nitrogen and oxygen atoms in total. The van der Waals surface area contributed by atoms with Gasteiger partial charge in [0, 0.05) is 6.61 Å². The molecule has 0 bridgehead atoms. The smallest absolute Gasteiger partial charge is 0.120 e. The molecular weight excluding hydrogens is 400 g/mol. The Hall–Kier alpha value is -2.66. The first-order valence-corrected chi connectivity index (χ1v) is 11.3. The molecule has 3 N–H and O–H groups in total.